The van der Waals surface area contributed by atoms with Crippen molar-refractivity contribution in [1.29, 1.82) is 0 Å². The number of hydrogen-bond donors (Lipinski definition) is 4. The Morgan fingerprint density at radius 1 is 1.12 bits per heavy atom. The lowest BCUT2D eigenvalue weighted by atomic mass is 9.85. The van der Waals surface area contributed by atoms with Crippen LogP contribution in [0.1, 0.15) is 56.9 Å². The van der Waals surface area contributed by atoms with Crippen molar-refractivity contribution in [2.24, 2.45) is 11.1 Å². The lowest BCUT2D eigenvalue weighted by molar-refractivity contribution is 0.0697. The number of carbonyl (C=O) groups is 1. The number of carboxylic acids is 1. The first-order chi connectivity index (χ1) is 14.8. The van der Waals surface area contributed by atoms with Crippen molar-refractivity contribution in [3.05, 3.63) is 46.4 Å². The maximum absolute atomic E-state index is 11.2. The lowest BCUT2D eigenvalue weighted by Gasteiger charge is -2.38. The Labute approximate surface area is 193 Å². The van der Waals surface area contributed by atoms with Crippen molar-refractivity contribution in [2.45, 2.75) is 53.0 Å². The van der Waals surface area contributed by atoms with Crippen molar-refractivity contribution >= 4 is 28.1 Å². The molecule has 1 aromatic carbocycles. The smallest absolute Gasteiger partial charge is 0.335 e. The molecule has 1 atom stereocenters. The van der Waals surface area contributed by atoms with Crippen LogP contribution in [0.15, 0.2) is 35.8 Å². The summed E-state index contributed by atoms with van der Waals surface area (Å²) in [5.74, 6) is -0.382. The van der Waals surface area contributed by atoms with E-state index in [0.717, 1.165) is 21.5 Å². The molecule has 0 bridgehead atoms. The van der Waals surface area contributed by atoms with E-state index in [0.29, 0.717) is 12.5 Å². The zero-order valence-electron chi connectivity index (χ0n) is 19.7. The maximum atomic E-state index is 11.2. The Morgan fingerprint density at radius 3 is 2.25 bits per heavy atom. The largest absolute Gasteiger partial charge is 0.478 e. The summed E-state index contributed by atoms with van der Waals surface area (Å²) < 4.78 is 0. The monoisotopic (exact) mass is 459 g/mol. The van der Waals surface area contributed by atoms with E-state index in [2.05, 4.69) is 67.4 Å². The molecule has 1 aliphatic heterocycles. The number of hydrogen-bond acceptors (Lipinski definition) is 9. The summed E-state index contributed by atoms with van der Waals surface area (Å²) in [4.78, 5) is 11.2. The van der Waals surface area contributed by atoms with Crippen LogP contribution in [0.4, 0.5) is 10.8 Å². The van der Waals surface area contributed by atoms with Crippen LogP contribution >= 0.6 is 11.3 Å². The second-order valence-electron chi connectivity index (χ2n) is 10.00. The van der Waals surface area contributed by atoms with Gasteiger partial charge in [-0.2, -0.15) is 0 Å². The highest BCUT2D eigenvalue weighted by Gasteiger charge is 2.43. The van der Waals surface area contributed by atoms with Crippen molar-refractivity contribution in [3.63, 3.8) is 0 Å². The molecule has 2 aromatic rings. The number of rotatable bonds is 6. The summed E-state index contributed by atoms with van der Waals surface area (Å²) >= 11 is 1.54. The number of nitrogens with one attached hydrogen (secondary N) is 2. The molecule has 5 N–H and O–H groups in total. The van der Waals surface area contributed by atoms with Crippen LogP contribution in [0.25, 0.3) is 0 Å². The van der Waals surface area contributed by atoms with Gasteiger partial charge in [-0.1, -0.05) is 52.9 Å². The second kappa shape index (κ2) is 8.59. The van der Waals surface area contributed by atoms with E-state index in [-0.39, 0.29) is 22.4 Å². The van der Waals surface area contributed by atoms with Crippen LogP contribution in [0.3, 0.4) is 0 Å². The molecule has 2 heterocycles. The molecular formula is C22H33N7O2S. The molecule has 174 valence electrons. The van der Waals surface area contributed by atoms with Gasteiger partial charge >= 0.3 is 5.97 Å². The van der Waals surface area contributed by atoms with Crippen LogP contribution in [0.2, 0.25) is 0 Å². The fraction of sp³-hybridized carbons (Fsp3) is 0.500. The van der Waals surface area contributed by atoms with E-state index in [1.165, 1.54) is 0 Å². The minimum absolute atomic E-state index is 0.0111. The van der Waals surface area contributed by atoms with E-state index in [9.17, 15) is 9.90 Å². The number of nitrogens with zero attached hydrogens (tertiary/aromatic N) is 4. The Bertz CT molecular complexity index is 1000. The molecule has 0 amide bonds. The zero-order chi connectivity index (χ0) is 23.8. The Morgan fingerprint density at radius 2 is 1.75 bits per heavy atom. The molecule has 10 heteroatoms. The quantitative estimate of drug-likeness (QED) is 0.482. The van der Waals surface area contributed by atoms with Gasteiger partial charge in [0.1, 0.15) is 10.8 Å². The van der Waals surface area contributed by atoms with Crippen molar-refractivity contribution in [1.82, 2.24) is 20.5 Å². The van der Waals surface area contributed by atoms with Gasteiger partial charge < -0.3 is 21.5 Å². The third-order valence-electron chi connectivity index (χ3n) is 5.23. The van der Waals surface area contributed by atoms with Gasteiger partial charge in [-0.25, -0.2) is 9.80 Å². The summed E-state index contributed by atoms with van der Waals surface area (Å²) in [7, 11) is 1.98. The maximum Gasteiger partial charge on any atom is 0.335 e. The van der Waals surface area contributed by atoms with Crippen molar-refractivity contribution < 1.29 is 9.90 Å². The summed E-state index contributed by atoms with van der Waals surface area (Å²) in [5.41, 5.74) is 8.38. The highest BCUT2D eigenvalue weighted by molar-refractivity contribution is 7.15. The molecule has 0 spiro atoms. The van der Waals surface area contributed by atoms with E-state index in [1.807, 2.05) is 12.1 Å². The molecule has 1 unspecified atom stereocenters. The van der Waals surface area contributed by atoms with Crippen LogP contribution < -0.4 is 21.4 Å². The Kier molecular flexibility index (Phi) is 6.39. The van der Waals surface area contributed by atoms with Gasteiger partial charge in [0.05, 0.1) is 29.7 Å². The molecular weight excluding hydrogens is 426 g/mol. The normalized spacial score (nSPS) is 17.7. The Hall–Kier alpha value is -2.85. The molecule has 1 aromatic heterocycles. The van der Waals surface area contributed by atoms with Gasteiger partial charge in [-0.15, -0.1) is 10.2 Å². The average Bonchev–Trinajstić information content (AvgIpc) is 3.24. The molecule has 0 saturated heterocycles. The predicted octanol–water partition coefficient (Wildman–Crippen LogP) is 3.40. The molecule has 32 heavy (non-hydrogen) atoms. The molecule has 3 rings (SSSR count). The summed E-state index contributed by atoms with van der Waals surface area (Å²) in [6, 6.07) is 6.69. The number of likely N-dealkylation sites (N-methyl/N-ethyl adjacent to an activating group) is 1. The van der Waals surface area contributed by atoms with Crippen molar-refractivity contribution in [2.75, 3.05) is 24.0 Å². The molecule has 0 radical (unpaired) electrons. The molecule has 9 nitrogen and oxygen atoms in total. The average molecular weight is 460 g/mol. The molecule has 0 aliphatic carbocycles. The van der Waals surface area contributed by atoms with Gasteiger partial charge in [0.15, 0.2) is 0 Å². The second-order valence-corrected chi connectivity index (χ2v) is 11.0. The zero-order valence-corrected chi connectivity index (χ0v) is 20.5. The minimum Gasteiger partial charge on any atom is -0.478 e. The van der Waals surface area contributed by atoms with Crippen LogP contribution in [-0.4, -0.2) is 46.0 Å². The number of aromatic carboxylic acids is 1. The third-order valence-corrected chi connectivity index (χ3v) is 6.54. The lowest BCUT2D eigenvalue weighted by Crippen LogP contribution is -2.48. The first-order valence-corrected chi connectivity index (χ1v) is 11.3. The first-order valence-electron chi connectivity index (χ1n) is 10.5. The number of carboxylic acid groups (broad SMARTS) is 1. The SMILES string of the molecule is CN1C(C(C)(C)C)C(NCNc2nnc(C(C)(C)C)s2)=C(N)N1c1ccc(C(=O)O)cc1. The highest BCUT2D eigenvalue weighted by atomic mass is 32.1. The topological polar surface area (TPSA) is 120 Å². The Balaban J connectivity index is 1.82. The van der Waals surface area contributed by atoms with Gasteiger partial charge in [0.25, 0.3) is 0 Å². The molecule has 0 saturated carbocycles. The van der Waals surface area contributed by atoms with E-state index >= 15 is 0 Å². The van der Waals surface area contributed by atoms with E-state index < -0.39 is 5.97 Å². The van der Waals surface area contributed by atoms with Crippen LogP contribution in [0, 0.1) is 5.41 Å². The third kappa shape index (κ3) is 4.81. The van der Waals surface area contributed by atoms with Crippen molar-refractivity contribution in [3.8, 4) is 0 Å². The van der Waals surface area contributed by atoms with Gasteiger partial charge in [0, 0.05) is 12.5 Å². The van der Waals surface area contributed by atoms with Gasteiger partial charge in [-0.3, -0.25) is 5.01 Å². The number of benzene rings is 1. The van der Waals surface area contributed by atoms with Crippen LogP contribution in [0.5, 0.6) is 0 Å². The van der Waals surface area contributed by atoms with Gasteiger partial charge in [-0.05, 0) is 29.7 Å². The summed E-state index contributed by atoms with van der Waals surface area (Å²) in [6.07, 6.45) is 0. The first kappa shape index (κ1) is 23.8. The van der Waals surface area contributed by atoms with Gasteiger partial charge in [0.2, 0.25) is 5.13 Å². The minimum atomic E-state index is -0.956. The number of nitrogens with two attached hydrogens (primary N) is 1. The molecule has 0 fully saturated rings. The highest BCUT2D eigenvalue weighted by Crippen LogP contribution is 2.38. The fourth-order valence-corrected chi connectivity index (χ4v) is 4.58. The van der Waals surface area contributed by atoms with E-state index in [1.54, 1.807) is 35.6 Å². The molecule has 1 aliphatic rings. The van der Waals surface area contributed by atoms with E-state index in [4.69, 9.17) is 5.73 Å². The summed E-state index contributed by atoms with van der Waals surface area (Å²) in [5, 5.41) is 30.1. The predicted molar refractivity (Wildman–Crippen MR) is 128 cm³/mol. The number of hydrazine groups is 1. The fourth-order valence-electron chi connectivity index (χ4n) is 3.79. The number of aromatic nitrogens is 2. The number of anilines is 2. The summed E-state index contributed by atoms with van der Waals surface area (Å²) in [6.45, 7) is 13.3. The standard InChI is InChI=1S/C22H33N7O2S/c1-21(2,3)16-15(24-12-25-20-27-26-19(32-20)22(4,5)6)17(23)29(28(16)7)14-10-8-13(9-11-14)18(30)31/h8-11,16,24H,12,23H2,1-7H3,(H,25,27)(H,30,31). The van der Waals surface area contributed by atoms with Crippen LogP contribution in [-0.2, 0) is 5.41 Å².